The molecule has 0 aliphatic heterocycles. The van der Waals surface area contributed by atoms with Crippen LogP contribution in [-0.4, -0.2) is 43.8 Å². The van der Waals surface area contributed by atoms with E-state index in [1.165, 1.54) is 0 Å². The van der Waals surface area contributed by atoms with Crippen molar-refractivity contribution in [2.24, 2.45) is 0 Å². The molecule has 13 heavy (non-hydrogen) atoms. The lowest BCUT2D eigenvalue weighted by Crippen LogP contribution is -2.10. The number of carboxylic acids is 1. The maximum atomic E-state index is 9.88. The molecule has 0 aliphatic rings. The Morgan fingerprint density at radius 2 is 1.77 bits per heavy atom. The molecule has 1 N–H and O–H groups in total. The molecule has 0 aromatic rings. The van der Waals surface area contributed by atoms with Crippen molar-refractivity contribution in [3.8, 4) is 0 Å². The van der Waals surface area contributed by atoms with Crippen molar-refractivity contribution in [2.45, 2.75) is 13.8 Å². The Labute approximate surface area is 79.9 Å². The molecule has 3 nitrogen and oxygen atoms in total. The second kappa shape index (κ2) is 17.3. The Kier molecular flexibility index (Phi) is 23.9. The first-order valence-corrected chi connectivity index (χ1v) is 4.05. The third-order valence-electron chi connectivity index (χ3n) is 0.731. The van der Waals surface area contributed by atoms with Gasteiger partial charge in [-0.2, -0.15) is 0 Å². The summed E-state index contributed by atoms with van der Waals surface area (Å²) in [5.74, 6) is -0.892. The Morgan fingerprint density at radius 3 is 2.00 bits per heavy atom. The van der Waals surface area contributed by atoms with Crippen molar-refractivity contribution >= 4 is 5.97 Å². The Bertz CT molecular complexity index is 125. The molecule has 0 radical (unpaired) electrons. The number of carbonyl (C=O) groups is 1. The number of likely N-dealkylation sites (N-methyl/N-ethyl adjacent to an activating group) is 1. The number of rotatable bonds is 3. The first kappa shape index (κ1) is 18.0. The van der Waals surface area contributed by atoms with Crippen LogP contribution in [0.1, 0.15) is 13.8 Å². The average Bonchev–Trinajstić information content (AvgIpc) is 2.10. The van der Waals surface area contributed by atoms with Gasteiger partial charge in [-0.05, 0) is 14.1 Å². The van der Waals surface area contributed by atoms with Gasteiger partial charge in [0.05, 0.1) is 7.18 Å². The summed E-state index contributed by atoms with van der Waals surface area (Å²) in [6, 6.07) is 0. The monoisotopic (exact) mass is 193 g/mol. The van der Waals surface area contributed by atoms with E-state index < -0.39 is 5.97 Å². The minimum atomic E-state index is -0.892. The Hall–Kier alpha value is -0.900. The van der Waals surface area contributed by atoms with E-state index in [-0.39, 0.29) is 0 Å². The van der Waals surface area contributed by atoms with E-state index in [4.69, 9.17) is 5.11 Å². The molecule has 0 aromatic carbocycles. The van der Waals surface area contributed by atoms with E-state index >= 15 is 0 Å². The lowest BCUT2D eigenvalue weighted by Gasteiger charge is -2.02. The molecule has 0 amide bonds. The van der Waals surface area contributed by atoms with Crippen LogP contribution in [0.3, 0.4) is 0 Å². The first-order chi connectivity index (χ1) is 6.13. The van der Waals surface area contributed by atoms with Crippen LogP contribution in [-0.2, 0) is 4.79 Å². The number of alkyl halides is 1. The molecule has 0 spiro atoms. The first-order valence-electron chi connectivity index (χ1n) is 4.05. The zero-order valence-electron chi connectivity index (χ0n) is 9.04. The van der Waals surface area contributed by atoms with Gasteiger partial charge < -0.3 is 10.0 Å². The Morgan fingerprint density at radius 1 is 1.38 bits per heavy atom. The summed E-state index contributed by atoms with van der Waals surface area (Å²) >= 11 is 0. The molecule has 4 heteroatoms. The van der Waals surface area contributed by atoms with Gasteiger partial charge >= 0.3 is 5.97 Å². The van der Waals surface area contributed by atoms with E-state index in [9.17, 15) is 9.18 Å². The zero-order chi connectivity index (χ0) is 11.3. The molecule has 0 saturated heterocycles. The number of halogens is 1. The summed E-state index contributed by atoms with van der Waals surface area (Å²) in [6.45, 7) is 4.67. The SMILES string of the molecule is CC.CF.CN(C)C/C=C/C(=O)O. The molecule has 0 fully saturated rings. The van der Waals surface area contributed by atoms with Crippen LogP contribution < -0.4 is 0 Å². The maximum absolute atomic E-state index is 9.88. The molecule has 0 heterocycles. The van der Waals surface area contributed by atoms with E-state index in [2.05, 4.69) is 0 Å². The predicted molar refractivity (Wildman–Crippen MR) is 53.7 cm³/mol. The molecule has 0 rings (SSSR count). The van der Waals surface area contributed by atoms with Crippen molar-refractivity contribution in [3.05, 3.63) is 12.2 Å². The quantitative estimate of drug-likeness (QED) is 0.695. The summed E-state index contributed by atoms with van der Waals surface area (Å²) in [4.78, 5) is 11.8. The van der Waals surface area contributed by atoms with Gasteiger partial charge in [-0.1, -0.05) is 19.9 Å². The van der Waals surface area contributed by atoms with Crippen molar-refractivity contribution in [1.29, 1.82) is 0 Å². The highest BCUT2D eigenvalue weighted by Gasteiger charge is 1.85. The van der Waals surface area contributed by atoms with Gasteiger partial charge in [0.15, 0.2) is 0 Å². The van der Waals surface area contributed by atoms with Crippen LogP contribution in [0.2, 0.25) is 0 Å². The standard InChI is InChI=1S/C6H11NO2.C2H6.CH3F/c1-7(2)5-3-4-6(8)9;2*1-2/h3-4H,5H2,1-2H3,(H,8,9);1-2H3;1H3/b4-3+;;. The van der Waals surface area contributed by atoms with E-state index in [1.807, 2.05) is 32.8 Å². The van der Waals surface area contributed by atoms with Gasteiger partial charge in [0.25, 0.3) is 0 Å². The second-order valence-electron chi connectivity index (χ2n) is 2.00. The Balaban J connectivity index is -0.000000218. The molecule has 0 saturated carbocycles. The van der Waals surface area contributed by atoms with Gasteiger partial charge in [-0.25, -0.2) is 4.79 Å². The maximum Gasteiger partial charge on any atom is 0.328 e. The van der Waals surface area contributed by atoms with Crippen molar-refractivity contribution in [3.63, 3.8) is 0 Å². The lowest BCUT2D eigenvalue weighted by molar-refractivity contribution is -0.131. The topological polar surface area (TPSA) is 40.5 Å². The molecule has 0 atom stereocenters. The van der Waals surface area contributed by atoms with Crippen LogP contribution in [0.25, 0.3) is 0 Å². The highest BCUT2D eigenvalue weighted by Crippen LogP contribution is 1.76. The van der Waals surface area contributed by atoms with E-state index in [1.54, 1.807) is 6.08 Å². The van der Waals surface area contributed by atoms with Gasteiger partial charge in [0.2, 0.25) is 0 Å². The molecular weight excluding hydrogens is 173 g/mol. The van der Waals surface area contributed by atoms with Crippen molar-refractivity contribution < 1.29 is 14.3 Å². The summed E-state index contributed by atoms with van der Waals surface area (Å²) < 4.78 is 9.50. The minimum absolute atomic E-state index is 0.500. The number of aliphatic carboxylic acids is 1. The van der Waals surface area contributed by atoms with Crippen molar-refractivity contribution in [2.75, 3.05) is 27.8 Å². The highest BCUT2D eigenvalue weighted by atomic mass is 19.1. The predicted octanol–water partition coefficient (Wildman–Crippen LogP) is 1.80. The van der Waals surface area contributed by atoms with Gasteiger partial charge in [0, 0.05) is 12.6 Å². The molecule has 0 bridgehead atoms. The van der Waals surface area contributed by atoms with Crippen LogP contribution in [0.15, 0.2) is 12.2 Å². The molecular formula is C9H20FNO2. The average molecular weight is 193 g/mol. The number of hydrogen-bond acceptors (Lipinski definition) is 2. The summed E-state index contributed by atoms with van der Waals surface area (Å²) in [7, 11) is 4.26. The van der Waals surface area contributed by atoms with E-state index in [0.29, 0.717) is 13.7 Å². The van der Waals surface area contributed by atoms with Crippen molar-refractivity contribution in [1.82, 2.24) is 4.90 Å². The van der Waals surface area contributed by atoms with Crippen LogP contribution in [0.4, 0.5) is 4.39 Å². The van der Waals surface area contributed by atoms with Gasteiger partial charge in [-0.3, -0.25) is 4.39 Å². The second-order valence-corrected chi connectivity index (χ2v) is 2.00. The van der Waals surface area contributed by atoms with Crippen LogP contribution in [0.5, 0.6) is 0 Å². The molecule has 0 aliphatic carbocycles. The van der Waals surface area contributed by atoms with E-state index in [0.717, 1.165) is 6.08 Å². The fraction of sp³-hybridized carbons (Fsp3) is 0.667. The highest BCUT2D eigenvalue weighted by molar-refractivity contribution is 5.79. The number of carboxylic acid groups (broad SMARTS) is 1. The van der Waals surface area contributed by atoms with Gasteiger partial charge in [-0.15, -0.1) is 0 Å². The number of nitrogens with zero attached hydrogens (tertiary/aromatic N) is 1. The normalized spacial score (nSPS) is 8.54. The summed E-state index contributed by atoms with van der Waals surface area (Å²) in [5.41, 5.74) is 0. The smallest absolute Gasteiger partial charge is 0.328 e. The van der Waals surface area contributed by atoms with Crippen LogP contribution >= 0.6 is 0 Å². The third kappa shape index (κ3) is 35.3. The largest absolute Gasteiger partial charge is 0.478 e. The number of hydrogen-bond donors (Lipinski definition) is 1. The summed E-state index contributed by atoms with van der Waals surface area (Å²) in [6.07, 6.45) is 2.74. The lowest BCUT2D eigenvalue weighted by atomic mass is 10.5. The molecule has 0 aromatic heterocycles. The third-order valence-corrected chi connectivity index (χ3v) is 0.731. The van der Waals surface area contributed by atoms with Crippen LogP contribution in [0, 0.1) is 0 Å². The fourth-order valence-electron chi connectivity index (χ4n) is 0.364. The molecule has 80 valence electrons. The molecule has 0 unspecified atom stereocenters. The van der Waals surface area contributed by atoms with Gasteiger partial charge in [0.1, 0.15) is 0 Å². The fourth-order valence-corrected chi connectivity index (χ4v) is 0.364. The zero-order valence-corrected chi connectivity index (χ0v) is 9.04. The summed E-state index contributed by atoms with van der Waals surface area (Å²) in [5, 5.41) is 8.12. The minimum Gasteiger partial charge on any atom is -0.478 e.